The highest BCUT2D eigenvalue weighted by atomic mass is 32.1. The van der Waals surface area contributed by atoms with Gasteiger partial charge in [-0.15, -0.1) is 11.3 Å². The van der Waals surface area contributed by atoms with Crippen molar-refractivity contribution in [3.63, 3.8) is 0 Å². The minimum atomic E-state index is -0.854. The summed E-state index contributed by atoms with van der Waals surface area (Å²) >= 11 is 1.25. The number of methoxy groups -OCH3 is 1. The molecule has 39 heavy (non-hydrogen) atoms. The monoisotopic (exact) mass is 540 g/mol. The molecule has 1 aliphatic rings. The third-order valence-electron chi connectivity index (χ3n) is 6.39. The Bertz CT molecular complexity index is 1540. The Balaban J connectivity index is 1.60. The van der Waals surface area contributed by atoms with Gasteiger partial charge >= 0.3 is 0 Å². The third kappa shape index (κ3) is 5.03. The number of aromatic nitrogens is 1. The normalized spacial score (nSPS) is 15.3. The van der Waals surface area contributed by atoms with Crippen LogP contribution in [0, 0.1) is 6.92 Å². The van der Waals surface area contributed by atoms with E-state index < -0.39 is 23.5 Å². The Morgan fingerprint density at radius 2 is 1.62 bits per heavy atom. The Morgan fingerprint density at radius 3 is 2.23 bits per heavy atom. The molecule has 0 aliphatic carbocycles. The Hall–Kier alpha value is -4.43. The largest absolute Gasteiger partial charge is 0.503 e. The van der Waals surface area contributed by atoms with Gasteiger partial charge in [-0.1, -0.05) is 42.5 Å². The van der Waals surface area contributed by atoms with Crippen molar-refractivity contribution in [3.05, 3.63) is 106 Å². The van der Waals surface area contributed by atoms with Crippen molar-refractivity contribution < 1.29 is 24.2 Å². The van der Waals surface area contributed by atoms with E-state index >= 15 is 0 Å². The summed E-state index contributed by atoms with van der Waals surface area (Å²) < 4.78 is 11.1. The number of rotatable bonds is 8. The maximum absolute atomic E-state index is 14.1. The molecule has 3 aromatic carbocycles. The molecule has 0 bridgehead atoms. The van der Waals surface area contributed by atoms with Crippen LogP contribution in [0.2, 0.25) is 0 Å². The van der Waals surface area contributed by atoms with E-state index in [1.165, 1.54) is 16.2 Å². The molecule has 5 rings (SSSR count). The zero-order valence-electron chi connectivity index (χ0n) is 22.0. The van der Waals surface area contributed by atoms with Crippen molar-refractivity contribution in [1.29, 1.82) is 0 Å². The number of hydrogen-bond acceptors (Lipinski definition) is 7. The second-order valence-electron chi connectivity index (χ2n) is 9.40. The fourth-order valence-electron chi connectivity index (χ4n) is 4.60. The van der Waals surface area contributed by atoms with Crippen molar-refractivity contribution in [3.8, 4) is 22.1 Å². The van der Waals surface area contributed by atoms with Gasteiger partial charge in [0.15, 0.2) is 5.76 Å². The van der Waals surface area contributed by atoms with Gasteiger partial charge in [-0.25, -0.2) is 4.98 Å². The van der Waals surface area contributed by atoms with Crippen LogP contribution in [0.25, 0.3) is 10.6 Å². The molecule has 1 unspecified atom stereocenters. The van der Waals surface area contributed by atoms with Crippen LogP contribution in [0.3, 0.4) is 0 Å². The summed E-state index contributed by atoms with van der Waals surface area (Å²) in [5.41, 5.74) is 2.63. The van der Waals surface area contributed by atoms with Gasteiger partial charge in [0.05, 0.1) is 35.4 Å². The van der Waals surface area contributed by atoms with Gasteiger partial charge in [0, 0.05) is 11.3 Å². The molecule has 0 fully saturated rings. The summed E-state index contributed by atoms with van der Waals surface area (Å²) in [6.45, 7) is 5.64. The van der Waals surface area contributed by atoms with E-state index in [-0.39, 0.29) is 11.7 Å². The zero-order valence-corrected chi connectivity index (χ0v) is 22.9. The lowest BCUT2D eigenvalue weighted by atomic mass is 9.94. The van der Waals surface area contributed by atoms with Crippen molar-refractivity contribution in [2.75, 3.05) is 12.0 Å². The molecule has 1 aliphatic heterocycles. The SMILES string of the molecule is COc1ccc(N2C(=O)C(O)=C(C(=O)c3sc(-c4ccccc4)nc3C)C2c2ccc(OC(C)C)cc2)cc1. The summed E-state index contributed by atoms with van der Waals surface area (Å²) in [4.78, 5) is 34.0. The topological polar surface area (TPSA) is 89.0 Å². The highest BCUT2D eigenvalue weighted by molar-refractivity contribution is 7.17. The zero-order chi connectivity index (χ0) is 27.7. The Morgan fingerprint density at radius 1 is 0.974 bits per heavy atom. The van der Waals surface area contributed by atoms with Crippen molar-refractivity contribution in [2.24, 2.45) is 0 Å². The number of aliphatic hydroxyl groups is 1. The first-order valence-corrected chi connectivity index (χ1v) is 13.3. The molecule has 0 radical (unpaired) electrons. The molecule has 1 amide bonds. The summed E-state index contributed by atoms with van der Waals surface area (Å²) in [5.74, 6) is -0.360. The summed E-state index contributed by atoms with van der Waals surface area (Å²) in [7, 11) is 1.56. The number of Topliss-reactive ketones (excluding diaryl/α,β-unsaturated/α-hetero) is 1. The molecule has 0 spiro atoms. The van der Waals surface area contributed by atoms with Crippen LogP contribution in [-0.4, -0.2) is 35.0 Å². The quantitative estimate of drug-likeness (QED) is 0.250. The molecule has 198 valence electrons. The summed E-state index contributed by atoms with van der Waals surface area (Å²) in [6, 6.07) is 22.9. The Labute approximate surface area is 231 Å². The first-order chi connectivity index (χ1) is 18.8. The van der Waals surface area contributed by atoms with E-state index in [9.17, 15) is 14.7 Å². The number of amides is 1. The second kappa shape index (κ2) is 10.7. The van der Waals surface area contributed by atoms with Gasteiger partial charge in [0.1, 0.15) is 16.5 Å². The standard InChI is InChI=1S/C31H28N2O5S/c1-18(2)38-24-14-10-20(11-15-24)26-25(28(35)31(36)33(26)22-12-16-23(37-4)17-13-22)27(34)29-19(3)32-30(39-29)21-8-6-5-7-9-21/h5-18,26,35H,1-4H3. The minimum Gasteiger partial charge on any atom is -0.503 e. The van der Waals surface area contributed by atoms with E-state index in [4.69, 9.17) is 9.47 Å². The van der Waals surface area contributed by atoms with Gasteiger partial charge in [-0.2, -0.15) is 0 Å². The number of benzene rings is 3. The number of hydrogen-bond donors (Lipinski definition) is 1. The highest BCUT2D eigenvalue weighted by Crippen LogP contribution is 2.44. The molecule has 2 heterocycles. The maximum atomic E-state index is 14.1. The van der Waals surface area contributed by atoms with Gasteiger partial charge in [-0.3, -0.25) is 14.5 Å². The number of thiazole rings is 1. The smallest absolute Gasteiger partial charge is 0.294 e. The van der Waals surface area contributed by atoms with Crippen LogP contribution in [0.1, 0.15) is 40.8 Å². The van der Waals surface area contributed by atoms with E-state index in [0.29, 0.717) is 38.3 Å². The first kappa shape index (κ1) is 26.2. The molecule has 8 heteroatoms. The van der Waals surface area contributed by atoms with Crippen LogP contribution in [0.4, 0.5) is 5.69 Å². The Kier molecular flexibility index (Phi) is 7.21. The minimum absolute atomic E-state index is 0.00565. The summed E-state index contributed by atoms with van der Waals surface area (Å²) in [5, 5.41) is 11.8. The van der Waals surface area contributed by atoms with E-state index in [1.54, 1.807) is 50.4 Å². The van der Waals surface area contributed by atoms with E-state index in [1.807, 2.05) is 56.3 Å². The average molecular weight is 541 g/mol. The van der Waals surface area contributed by atoms with Crippen LogP contribution in [-0.2, 0) is 4.79 Å². The average Bonchev–Trinajstić information content (AvgIpc) is 3.46. The van der Waals surface area contributed by atoms with Gasteiger partial charge in [-0.05, 0) is 62.7 Å². The fourth-order valence-corrected chi connectivity index (χ4v) is 5.62. The summed E-state index contributed by atoms with van der Waals surface area (Å²) in [6.07, 6.45) is -0.00565. The lowest BCUT2D eigenvalue weighted by molar-refractivity contribution is -0.117. The fraction of sp³-hybridized carbons (Fsp3) is 0.194. The molecule has 1 N–H and O–H groups in total. The molecule has 7 nitrogen and oxygen atoms in total. The number of carbonyl (C=O) groups is 2. The van der Waals surface area contributed by atoms with Crippen molar-refractivity contribution in [2.45, 2.75) is 32.9 Å². The molecule has 4 aromatic rings. The van der Waals surface area contributed by atoms with Crippen LogP contribution in [0.5, 0.6) is 11.5 Å². The second-order valence-corrected chi connectivity index (χ2v) is 10.4. The molecule has 1 atom stereocenters. The number of nitrogens with zero attached hydrogens (tertiary/aromatic N) is 2. The van der Waals surface area contributed by atoms with Gasteiger partial charge in [0.2, 0.25) is 5.78 Å². The number of aryl methyl sites for hydroxylation is 1. The van der Waals surface area contributed by atoms with Gasteiger partial charge < -0.3 is 14.6 Å². The van der Waals surface area contributed by atoms with Gasteiger partial charge in [0.25, 0.3) is 5.91 Å². The van der Waals surface area contributed by atoms with Crippen LogP contribution in [0.15, 0.2) is 90.2 Å². The van der Waals surface area contributed by atoms with Crippen LogP contribution < -0.4 is 14.4 Å². The molecule has 0 saturated carbocycles. The van der Waals surface area contributed by atoms with E-state index in [2.05, 4.69) is 4.98 Å². The molecular formula is C31H28N2O5S. The first-order valence-electron chi connectivity index (χ1n) is 12.5. The third-order valence-corrected chi connectivity index (χ3v) is 7.60. The lowest BCUT2D eigenvalue weighted by Crippen LogP contribution is -2.31. The number of ketones is 1. The number of anilines is 1. The molecule has 1 aromatic heterocycles. The number of carbonyl (C=O) groups excluding carboxylic acids is 2. The predicted molar refractivity (Wildman–Crippen MR) is 152 cm³/mol. The number of ether oxygens (including phenoxy) is 2. The maximum Gasteiger partial charge on any atom is 0.294 e. The van der Waals surface area contributed by atoms with Crippen LogP contribution >= 0.6 is 11.3 Å². The highest BCUT2D eigenvalue weighted by Gasteiger charge is 2.45. The van der Waals surface area contributed by atoms with Crippen molar-refractivity contribution in [1.82, 2.24) is 4.98 Å². The van der Waals surface area contributed by atoms with Crippen molar-refractivity contribution >= 4 is 28.7 Å². The van der Waals surface area contributed by atoms with E-state index in [0.717, 1.165) is 5.56 Å². The predicted octanol–water partition coefficient (Wildman–Crippen LogP) is 6.70. The molecular weight excluding hydrogens is 512 g/mol. The number of aliphatic hydroxyl groups excluding tert-OH is 1. The molecule has 0 saturated heterocycles. The lowest BCUT2D eigenvalue weighted by Gasteiger charge is -2.27.